The number of hydrogen-bond acceptors (Lipinski definition) is 5. The molecule has 0 fully saturated rings. The zero-order valence-corrected chi connectivity index (χ0v) is 13.9. The molecule has 0 aliphatic heterocycles. The van der Waals surface area contributed by atoms with E-state index in [1.165, 1.54) is 11.8 Å². The van der Waals surface area contributed by atoms with Crippen LogP contribution in [0.15, 0.2) is 92.1 Å². The van der Waals surface area contributed by atoms with Gasteiger partial charge in [-0.2, -0.15) is 0 Å². The highest BCUT2D eigenvalue weighted by Crippen LogP contribution is 2.34. The van der Waals surface area contributed by atoms with Crippen molar-refractivity contribution in [3.8, 4) is 11.1 Å². The van der Waals surface area contributed by atoms with E-state index < -0.39 is 0 Å². The van der Waals surface area contributed by atoms with E-state index in [0.717, 1.165) is 33.3 Å². The first-order chi connectivity index (χ1) is 12.4. The highest BCUT2D eigenvalue weighted by atomic mass is 32.2. The van der Waals surface area contributed by atoms with Crippen LogP contribution in [0.5, 0.6) is 0 Å². The Labute approximate surface area is 147 Å². The maximum atomic E-state index is 5.88. The van der Waals surface area contributed by atoms with Gasteiger partial charge in [-0.3, -0.25) is 0 Å². The van der Waals surface area contributed by atoms with Crippen molar-refractivity contribution in [3.05, 3.63) is 72.8 Å². The molecule has 0 N–H and O–H groups in total. The first-order valence-corrected chi connectivity index (χ1v) is 8.67. The topological polar surface area (TPSA) is 52.1 Å². The number of fused-ring (bicyclic) bond motifs is 2. The smallest absolute Gasteiger partial charge is 0.266 e. The third kappa shape index (κ3) is 2.58. The Morgan fingerprint density at radius 1 is 0.640 bits per heavy atom. The number of benzene rings is 3. The maximum absolute atomic E-state index is 5.88. The summed E-state index contributed by atoms with van der Waals surface area (Å²) in [7, 11) is 0. The molecule has 0 amide bonds. The van der Waals surface area contributed by atoms with Gasteiger partial charge in [-0.15, -0.1) is 0 Å². The van der Waals surface area contributed by atoms with Gasteiger partial charge < -0.3 is 8.83 Å². The predicted molar refractivity (Wildman–Crippen MR) is 97.6 cm³/mol. The molecule has 0 radical (unpaired) electrons. The lowest BCUT2D eigenvalue weighted by Crippen LogP contribution is -1.79. The molecule has 5 rings (SSSR count). The summed E-state index contributed by atoms with van der Waals surface area (Å²) in [5.74, 6) is 0. The van der Waals surface area contributed by atoms with Crippen LogP contribution in [-0.2, 0) is 0 Å². The van der Waals surface area contributed by atoms with E-state index in [9.17, 15) is 0 Å². The molecule has 0 saturated heterocycles. The largest absolute Gasteiger partial charge is 0.431 e. The van der Waals surface area contributed by atoms with Crippen LogP contribution in [0, 0.1) is 0 Å². The molecule has 0 aliphatic carbocycles. The van der Waals surface area contributed by atoms with Crippen LogP contribution < -0.4 is 0 Å². The molecule has 2 heterocycles. The van der Waals surface area contributed by atoms with Gasteiger partial charge in [0.1, 0.15) is 11.0 Å². The number of rotatable bonds is 3. The van der Waals surface area contributed by atoms with Crippen LogP contribution in [0.25, 0.3) is 33.3 Å². The van der Waals surface area contributed by atoms with Gasteiger partial charge in [-0.25, -0.2) is 9.97 Å². The van der Waals surface area contributed by atoms with Crippen molar-refractivity contribution in [1.82, 2.24) is 9.97 Å². The molecule has 0 atom stereocenters. The molecule has 25 heavy (non-hydrogen) atoms. The van der Waals surface area contributed by atoms with E-state index in [4.69, 9.17) is 8.83 Å². The summed E-state index contributed by atoms with van der Waals surface area (Å²) >= 11 is 1.29. The van der Waals surface area contributed by atoms with Gasteiger partial charge in [0.05, 0.1) is 0 Å². The fourth-order valence-electron chi connectivity index (χ4n) is 2.79. The fourth-order valence-corrected chi connectivity index (χ4v) is 3.49. The minimum atomic E-state index is 0.518. The molecular weight excluding hydrogens is 332 g/mol. The first kappa shape index (κ1) is 14.3. The van der Waals surface area contributed by atoms with Gasteiger partial charge in [-0.05, 0) is 23.8 Å². The summed E-state index contributed by atoms with van der Waals surface area (Å²) in [5, 5.41) is 1.04. The molecule has 5 heteroatoms. The van der Waals surface area contributed by atoms with Crippen LogP contribution in [0.1, 0.15) is 0 Å². The highest BCUT2D eigenvalue weighted by Gasteiger charge is 2.15. The Kier molecular flexibility index (Phi) is 3.31. The lowest BCUT2D eigenvalue weighted by molar-refractivity contribution is 0.465. The van der Waals surface area contributed by atoms with E-state index in [1.807, 2.05) is 60.7 Å². The maximum Gasteiger partial charge on any atom is 0.266 e. The Balaban J connectivity index is 1.56. The van der Waals surface area contributed by atoms with Crippen LogP contribution in [0.3, 0.4) is 0 Å². The first-order valence-electron chi connectivity index (χ1n) is 7.85. The van der Waals surface area contributed by atoms with Gasteiger partial charge >= 0.3 is 0 Å². The average Bonchev–Trinajstić information content (AvgIpc) is 3.25. The summed E-state index contributed by atoms with van der Waals surface area (Å²) < 4.78 is 11.6. The normalized spacial score (nSPS) is 11.4. The van der Waals surface area contributed by atoms with E-state index in [-0.39, 0.29) is 0 Å². The lowest BCUT2D eigenvalue weighted by Gasteiger charge is -2.00. The van der Waals surface area contributed by atoms with Crippen LogP contribution in [-0.4, -0.2) is 9.97 Å². The molecule has 5 aromatic rings. The average molecular weight is 344 g/mol. The van der Waals surface area contributed by atoms with Gasteiger partial charge in [0.15, 0.2) is 11.2 Å². The standard InChI is InChI=1S/C20H12N2O2S/c1-2-7-13(8-3-1)14-9-6-12-17-18(14)22-20(24-17)25-19-21-15-10-4-5-11-16(15)23-19/h1-12H. The molecule has 0 unspecified atom stereocenters. The Bertz CT molecular complexity index is 1150. The molecular formula is C20H12N2O2S. The molecule has 120 valence electrons. The molecule has 2 aromatic heterocycles. The Hall–Kier alpha value is -3.05. The molecule has 0 bridgehead atoms. The van der Waals surface area contributed by atoms with Gasteiger partial charge in [0, 0.05) is 17.3 Å². The molecule has 4 nitrogen and oxygen atoms in total. The fraction of sp³-hybridized carbons (Fsp3) is 0. The van der Waals surface area contributed by atoms with Crippen molar-refractivity contribution >= 4 is 34.0 Å². The van der Waals surface area contributed by atoms with Crippen molar-refractivity contribution < 1.29 is 8.83 Å². The minimum absolute atomic E-state index is 0.518. The number of nitrogens with zero attached hydrogens (tertiary/aromatic N) is 2. The monoisotopic (exact) mass is 344 g/mol. The van der Waals surface area contributed by atoms with Crippen molar-refractivity contribution in [2.45, 2.75) is 10.4 Å². The second kappa shape index (κ2) is 5.79. The highest BCUT2D eigenvalue weighted by molar-refractivity contribution is 7.98. The minimum Gasteiger partial charge on any atom is -0.431 e. The molecule has 3 aromatic carbocycles. The summed E-state index contributed by atoms with van der Waals surface area (Å²) in [4.78, 5) is 9.11. The molecule has 0 saturated carbocycles. The van der Waals surface area contributed by atoms with E-state index >= 15 is 0 Å². The summed E-state index contributed by atoms with van der Waals surface area (Å²) in [6.45, 7) is 0. The van der Waals surface area contributed by atoms with Crippen molar-refractivity contribution in [3.63, 3.8) is 0 Å². The summed E-state index contributed by atoms with van der Waals surface area (Å²) in [6, 6.07) is 23.8. The van der Waals surface area contributed by atoms with Crippen molar-refractivity contribution in [2.75, 3.05) is 0 Å². The Morgan fingerprint density at radius 2 is 1.36 bits per heavy atom. The van der Waals surface area contributed by atoms with Crippen molar-refractivity contribution in [1.29, 1.82) is 0 Å². The summed E-state index contributed by atoms with van der Waals surface area (Å²) in [6.07, 6.45) is 0. The summed E-state index contributed by atoms with van der Waals surface area (Å²) in [5.41, 5.74) is 5.33. The SMILES string of the molecule is c1ccc(-c2cccc3oc(Sc4nc5ccccc5o4)nc23)cc1. The number of oxazole rings is 2. The van der Waals surface area contributed by atoms with Crippen LogP contribution in [0.2, 0.25) is 0 Å². The van der Waals surface area contributed by atoms with E-state index in [2.05, 4.69) is 22.1 Å². The Morgan fingerprint density at radius 3 is 2.24 bits per heavy atom. The predicted octanol–water partition coefficient (Wildman–Crippen LogP) is 5.79. The lowest BCUT2D eigenvalue weighted by atomic mass is 10.0. The quantitative estimate of drug-likeness (QED) is 0.415. The zero-order chi connectivity index (χ0) is 16.6. The van der Waals surface area contributed by atoms with E-state index in [0.29, 0.717) is 10.4 Å². The third-order valence-corrected chi connectivity index (χ3v) is 4.63. The number of hydrogen-bond donors (Lipinski definition) is 0. The molecule has 0 aliphatic rings. The second-order valence-corrected chi connectivity index (χ2v) is 6.45. The van der Waals surface area contributed by atoms with Gasteiger partial charge in [-0.1, -0.05) is 54.6 Å². The third-order valence-electron chi connectivity index (χ3n) is 3.93. The van der Waals surface area contributed by atoms with Crippen LogP contribution in [0.4, 0.5) is 0 Å². The van der Waals surface area contributed by atoms with Gasteiger partial charge in [0.25, 0.3) is 10.4 Å². The number of aromatic nitrogens is 2. The zero-order valence-electron chi connectivity index (χ0n) is 13.0. The number of para-hydroxylation sites is 3. The van der Waals surface area contributed by atoms with Crippen LogP contribution >= 0.6 is 11.8 Å². The molecule has 0 spiro atoms. The van der Waals surface area contributed by atoms with E-state index in [1.54, 1.807) is 0 Å². The van der Waals surface area contributed by atoms with Crippen molar-refractivity contribution in [2.24, 2.45) is 0 Å². The van der Waals surface area contributed by atoms with Gasteiger partial charge in [0.2, 0.25) is 0 Å². The second-order valence-electron chi connectivity index (χ2n) is 5.55.